The second-order valence-corrected chi connectivity index (χ2v) is 5.56. The summed E-state index contributed by atoms with van der Waals surface area (Å²) in [5.41, 5.74) is 7.17. The van der Waals surface area contributed by atoms with Crippen molar-refractivity contribution in [1.29, 1.82) is 0 Å². The molecule has 0 bridgehead atoms. The van der Waals surface area contributed by atoms with Gasteiger partial charge in [0.1, 0.15) is 0 Å². The molecule has 0 radical (unpaired) electrons. The molecular formula is C18H14F3N3O. The number of nitrogens with zero attached hydrogens (tertiary/aromatic N) is 2. The van der Waals surface area contributed by atoms with Crippen LogP contribution >= 0.6 is 0 Å². The molecule has 0 aliphatic heterocycles. The lowest BCUT2D eigenvalue weighted by atomic mass is 10.1. The molecule has 1 aromatic heterocycles. The summed E-state index contributed by atoms with van der Waals surface area (Å²) in [5, 5.41) is 4.34. The Morgan fingerprint density at radius 2 is 1.72 bits per heavy atom. The lowest BCUT2D eigenvalue weighted by molar-refractivity contribution is -0.137. The number of alkyl halides is 3. The van der Waals surface area contributed by atoms with E-state index in [1.807, 2.05) is 0 Å². The van der Waals surface area contributed by atoms with E-state index in [2.05, 4.69) is 5.10 Å². The van der Waals surface area contributed by atoms with Gasteiger partial charge in [0.25, 0.3) is 0 Å². The van der Waals surface area contributed by atoms with Gasteiger partial charge in [-0.05, 0) is 30.3 Å². The van der Waals surface area contributed by atoms with Gasteiger partial charge in [0.2, 0.25) is 5.91 Å². The van der Waals surface area contributed by atoms with Crippen molar-refractivity contribution in [2.75, 3.05) is 0 Å². The molecule has 3 rings (SSSR count). The summed E-state index contributed by atoms with van der Waals surface area (Å²) in [6, 6.07) is 13.3. The van der Waals surface area contributed by atoms with Crippen LogP contribution in [0.15, 0.2) is 54.6 Å². The zero-order valence-electron chi connectivity index (χ0n) is 13.2. The van der Waals surface area contributed by atoms with E-state index in [0.717, 1.165) is 17.7 Å². The van der Waals surface area contributed by atoms with Crippen molar-refractivity contribution < 1.29 is 18.0 Å². The number of hydrogen-bond acceptors (Lipinski definition) is 2. The summed E-state index contributed by atoms with van der Waals surface area (Å²) >= 11 is 0. The van der Waals surface area contributed by atoms with Crippen LogP contribution in [0.2, 0.25) is 0 Å². The summed E-state index contributed by atoms with van der Waals surface area (Å²) in [6.45, 7) is 0. The highest BCUT2D eigenvalue weighted by molar-refractivity contribution is 5.93. The summed E-state index contributed by atoms with van der Waals surface area (Å²) in [7, 11) is 1.66. The molecule has 3 aromatic rings. The fraction of sp³-hybridized carbons (Fsp3) is 0.111. The monoisotopic (exact) mass is 345 g/mol. The summed E-state index contributed by atoms with van der Waals surface area (Å²) in [4.78, 5) is 11.1. The maximum Gasteiger partial charge on any atom is 0.416 e. The van der Waals surface area contributed by atoms with Crippen molar-refractivity contribution in [2.45, 2.75) is 6.18 Å². The van der Waals surface area contributed by atoms with Gasteiger partial charge in [0, 0.05) is 23.7 Å². The number of nitrogens with two attached hydrogens (primary N) is 1. The molecule has 1 amide bonds. The fourth-order valence-electron chi connectivity index (χ4n) is 2.54. The number of carbonyl (C=O) groups excluding carboxylic acids is 1. The van der Waals surface area contributed by atoms with Crippen molar-refractivity contribution in [3.05, 3.63) is 65.7 Å². The molecule has 0 atom stereocenters. The third-order valence-electron chi connectivity index (χ3n) is 3.83. The van der Waals surface area contributed by atoms with Crippen LogP contribution in [0.5, 0.6) is 0 Å². The molecule has 0 spiro atoms. The van der Waals surface area contributed by atoms with E-state index in [4.69, 9.17) is 5.73 Å². The summed E-state index contributed by atoms with van der Waals surface area (Å²) in [5.74, 6) is -0.530. The van der Waals surface area contributed by atoms with E-state index >= 15 is 0 Å². The van der Waals surface area contributed by atoms with Gasteiger partial charge in [0.15, 0.2) is 0 Å². The second-order valence-electron chi connectivity index (χ2n) is 5.56. The first-order valence-electron chi connectivity index (χ1n) is 7.37. The summed E-state index contributed by atoms with van der Waals surface area (Å²) in [6.07, 6.45) is -4.40. The average Bonchev–Trinajstić information content (AvgIpc) is 2.96. The van der Waals surface area contributed by atoms with Crippen LogP contribution in [0, 0.1) is 0 Å². The molecule has 25 heavy (non-hydrogen) atoms. The Bertz CT molecular complexity index is 927. The Morgan fingerprint density at radius 3 is 2.32 bits per heavy atom. The predicted octanol–water partition coefficient (Wildman–Crippen LogP) is 3.87. The van der Waals surface area contributed by atoms with Gasteiger partial charge in [-0.3, -0.25) is 9.48 Å². The number of aromatic nitrogens is 2. The normalized spacial score (nSPS) is 11.5. The van der Waals surface area contributed by atoms with Gasteiger partial charge in [-0.1, -0.05) is 24.3 Å². The molecule has 0 saturated carbocycles. The van der Waals surface area contributed by atoms with Crippen LogP contribution in [0.1, 0.15) is 15.9 Å². The zero-order chi connectivity index (χ0) is 18.2. The molecule has 0 saturated heterocycles. The largest absolute Gasteiger partial charge is 0.416 e. The van der Waals surface area contributed by atoms with Gasteiger partial charge in [-0.15, -0.1) is 0 Å². The Balaban J connectivity index is 1.99. The Hall–Kier alpha value is -3.09. The SMILES string of the molecule is Cn1nc(-c2ccc(C(N)=O)cc2)cc1-c1cccc(C(F)(F)F)c1. The van der Waals surface area contributed by atoms with Crippen molar-refractivity contribution in [3.63, 3.8) is 0 Å². The molecule has 1 heterocycles. The van der Waals surface area contributed by atoms with Crippen molar-refractivity contribution in [3.8, 4) is 22.5 Å². The molecule has 2 aromatic carbocycles. The molecule has 2 N–H and O–H groups in total. The second kappa shape index (κ2) is 6.08. The predicted molar refractivity (Wildman–Crippen MR) is 87.6 cm³/mol. The molecule has 128 valence electrons. The third kappa shape index (κ3) is 3.40. The standard InChI is InChI=1S/C18H14F3N3O/c1-24-16(13-3-2-4-14(9-13)18(19,20)21)10-15(23-24)11-5-7-12(8-6-11)17(22)25/h2-10H,1H3,(H2,22,25). The summed E-state index contributed by atoms with van der Waals surface area (Å²) < 4.78 is 40.2. The Morgan fingerprint density at radius 1 is 1.04 bits per heavy atom. The molecule has 7 heteroatoms. The number of hydrogen-bond donors (Lipinski definition) is 1. The number of rotatable bonds is 3. The molecular weight excluding hydrogens is 331 g/mol. The van der Waals surface area contributed by atoms with E-state index in [1.54, 1.807) is 43.4 Å². The lowest BCUT2D eigenvalue weighted by Crippen LogP contribution is -2.10. The fourth-order valence-corrected chi connectivity index (χ4v) is 2.54. The Labute approximate surface area is 141 Å². The van der Waals surface area contributed by atoms with Crippen LogP contribution in [-0.2, 0) is 13.2 Å². The third-order valence-corrected chi connectivity index (χ3v) is 3.83. The van der Waals surface area contributed by atoms with Crippen LogP contribution < -0.4 is 5.73 Å². The van der Waals surface area contributed by atoms with Crippen LogP contribution in [0.25, 0.3) is 22.5 Å². The minimum atomic E-state index is -4.40. The van der Waals surface area contributed by atoms with Crippen LogP contribution in [0.4, 0.5) is 13.2 Å². The molecule has 0 aliphatic rings. The van der Waals surface area contributed by atoms with Gasteiger partial charge in [-0.25, -0.2) is 0 Å². The molecule has 4 nitrogen and oxygen atoms in total. The lowest BCUT2D eigenvalue weighted by Gasteiger charge is -2.08. The van der Waals surface area contributed by atoms with Crippen molar-refractivity contribution in [1.82, 2.24) is 9.78 Å². The van der Waals surface area contributed by atoms with Crippen molar-refractivity contribution >= 4 is 5.91 Å². The smallest absolute Gasteiger partial charge is 0.366 e. The van der Waals surface area contributed by atoms with Gasteiger partial charge in [0.05, 0.1) is 17.0 Å². The maximum absolute atomic E-state index is 12.9. The molecule has 0 aliphatic carbocycles. The minimum absolute atomic E-state index is 0.373. The highest BCUT2D eigenvalue weighted by atomic mass is 19.4. The highest BCUT2D eigenvalue weighted by Gasteiger charge is 2.30. The van der Waals surface area contributed by atoms with Gasteiger partial charge in [-0.2, -0.15) is 18.3 Å². The maximum atomic E-state index is 12.9. The van der Waals surface area contributed by atoms with E-state index < -0.39 is 17.6 Å². The van der Waals surface area contributed by atoms with Gasteiger partial charge >= 0.3 is 6.18 Å². The van der Waals surface area contributed by atoms with Crippen LogP contribution in [0.3, 0.4) is 0 Å². The van der Waals surface area contributed by atoms with Gasteiger partial charge < -0.3 is 5.73 Å². The Kier molecular flexibility index (Phi) is 4.08. The first-order valence-corrected chi connectivity index (χ1v) is 7.37. The minimum Gasteiger partial charge on any atom is -0.366 e. The average molecular weight is 345 g/mol. The number of carbonyl (C=O) groups is 1. The van der Waals surface area contributed by atoms with Crippen LogP contribution in [-0.4, -0.2) is 15.7 Å². The number of primary amides is 1. The van der Waals surface area contributed by atoms with E-state index in [1.165, 1.54) is 10.7 Å². The quantitative estimate of drug-likeness (QED) is 0.783. The highest BCUT2D eigenvalue weighted by Crippen LogP contribution is 2.33. The number of halogens is 3. The first kappa shape index (κ1) is 16.8. The van der Waals surface area contributed by atoms with E-state index in [9.17, 15) is 18.0 Å². The van der Waals surface area contributed by atoms with Crippen molar-refractivity contribution in [2.24, 2.45) is 12.8 Å². The topological polar surface area (TPSA) is 60.9 Å². The first-order chi connectivity index (χ1) is 11.8. The van der Waals surface area contributed by atoms with E-state index in [0.29, 0.717) is 22.5 Å². The number of amides is 1. The van der Waals surface area contributed by atoms with E-state index in [-0.39, 0.29) is 0 Å². The molecule has 0 fully saturated rings. The number of benzene rings is 2. The zero-order valence-corrected chi connectivity index (χ0v) is 13.2. The molecule has 0 unspecified atom stereocenters. The number of aryl methyl sites for hydroxylation is 1.